The van der Waals surface area contributed by atoms with Gasteiger partial charge in [0.1, 0.15) is 0 Å². The van der Waals surface area contributed by atoms with E-state index in [4.69, 9.17) is 4.74 Å². The van der Waals surface area contributed by atoms with Crippen molar-refractivity contribution >= 4 is 0 Å². The summed E-state index contributed by atoms with van der Waals surface area (Å²) in [5.74, 6) is 0. The first-order chi connectivity index (χ1) is 7.66. The standard InChI is InChI=1S/C14H20O2/c1-11-5-3-6-12(9-11)10-13(15)14(16-2)7-4-8-14/h3,5-6,9,13,15H,4,7-8,10H2,1-2H3. The van der Waals surface area contributed by atoms with E-state index in [2.05, 4.69) is 25.1 Å². The average Bonchev–Trinajstić information content (AvgIpc) is 2.16. The van der Waals surface area contributed by atoms with Crippen LogP contribution in [0.5, 0.6) is 0 Å². The SMILES string of the molecule is COC1(C(O)Cc2cccc(C)c2)CCC1. The largest absolute Gasteiger partial charge is 0.390 e. The van der Waals surface area contributed by atoms with Crippen LogP contribution in [0.1, 0.15) is 30.4 Å². The Bertz CT molecular complexity index is 350. The molecule has 1 aliphatic rings. The van der Waals surface area contributed by atoms with Gasteiger partial charge in [-0.2, -0.15) is 0 Å². The quantitative estimate of drug-likeness (QED) is 0.844. The highest BCUT2D eigenvalue weighted by Crippen LogP contribution is 2.39. The van der Waals surface area contributed by atoms with Crippen LogP contribution >= 0.6 is 0 Å². The fourth-order valence-electron chi connectivity index (χ4n) is 2.45. The summed E-state index contributed by atoms with van der Waals surface area (Å²) in [5, 5.41) is 10.2. The Morgan fingerprint density at radius 1 is 1.44 bits per heavy atom. The smallest absolute Gasteiger partial charge is 0.0939 e. The second kappa shape index (κ2) is 4.56. The van der Waals surface area contributed by atoms with Crippen molar-refractivity contribution < 1.29 is 9.84 Å². The number of aryl methyl sites for hydroxylation is 1. The van der Waals surface area contributed by atoms with Crippen LogP contribution in [0.25, 0.3) is 0 Å². The van der Waals surface area contributed by atoms with E-state index in [0.29, 0.717) is 6.42 Å². The number of methoxy groups -OCH3 is 1. The van der Waals surface area contributed by atoms with Gasteiger partial charge in [0.2, 0.25) is 0 Å². The molecule has 1 N–H and O–H groups in total. The van der Waals surface area contributed by atoms with Crippen molar-refractivity contribution in [1.82, 2.24) is 0 Å². The third kappa shape index (κ3) is 2.13. The molecule has 1 fully saturated rings. The third-order valence-corrected chi connectivity index (χ3v) is 3.73. The van der Waals surface area contributed by atoms with Gasteiger partial charge < -0.3 is 9.84 Å². The molecule has 1 unspecified atom stereocenters. The number of hydrogen-bond donors (Lipinski definition) is 1. The summed E-state index contributed by atoms with van der Waals surface area (Å²) < 4.78 is 5.49. The maximum Gasteiger partial charge on any atom is 0.0939 e. The predicted molar refractivity (Wildman–Crippen MR) is 64.5 cm³/mol. The maximum atomic E-state index is 10.2. The molecule has 0 heterocycles. The molecule has 0 amide bonds. The van der Waals surface area contributed by atoms with Crippen LogP contribution in [0, 0.1) is 6.92 Å². The Morgan fingerprint density at radius 2 is 2.19 bits per heavy atom. The molecule has 1 atom stereocenters. The van der Waals surface area contributed by atoms with E-state index >= 15 is 0 Å². The lowest BCUT2D eigenvalue weighted by Crippen LogP contribution is -2.50. The molecule has 1 aromatic carbocycles. The summed E-state index contributed by atoms with van der Waals surface area (Å²) in [4.78, 5) is 0. The van der Waals surface area contributed by atoms with Crippen LogP contribution in [0.4, 0.5) is 0 Å². The second-order valence-electron chi connectivity index (χ2n) is 4.83. The summed E-state index contributed by atoms with van der Waals surface area (Å²) in [6, 6.07) is 8.31. The summed E-state index contributed by atoms with van der Waals surface area (Å²) in [6.45, 7) is 2.07. The molecule has 2 nitrogen and oxygen atoms in total. The number of benzene rings is 1. The average molecular weight is 220 g/mol. The van der Waals surface area contributed by atoms with Crippen molar-refractivity contribution in [3.63, 3.8) is 0 Å². The van der Waals surface area contributed by atoms with Gasteiger partial charge in [0, 0.05) is 13.5 Å². The molecule has 1 aliphatic carbocycles. The molecule has 88 valence electrons. The molecule has 1 saturated carbocycles. The molecule has 0 saturated heterocycles. The van der Waals surface area contributed by atoms with Crippen molar-refractivity contribution in [1.29, 1.82) is 0 Å². The Morgan fingerprint density at radius 3 is 2.69 bits per heavy atom. The lowest BCUT2D eigenvalue weighted by molar-refractivity contribution is -0.148. The van der Waals surface area contributed by atoms with E-state index in [0.717, 1.165) is 12.8 Å². The van der Waals surface area contributed by atoms with Crippen LogP contribution in [0.15, 0.2) is 24.3 Å². The van der Waals surface area contributed by atoms with Gasteiger partial charge in [0.05, 0.1) is 11.7 Å². The van der Waals surface area contributed by atoms with Gasteiger partial charge in [-0.25, -0.2) is 0 Å². The fourth-order valence-corrected chi connectivity index (χ4v) is 2.45. The van der Waals surface area contributed by atoms with Crippen molar-refractivity contribution in [2.45, 2.75) is 44.3 Å². The van der Waals surface area contributed by atoms with E-state index in [9.17, 15) is 5.11 Å². The first kappa shape index (κ1) is 11.6. The van der Waals surface area contributed by atoms with Gasteiger partial charge in [0.25, 0.3) is 0 Å². The third-order valence-electron chi connectivity index (χ3n) is 3.73. The minimum atomic E-state index is -0.381. The van der Waals surface area contributed by atoms with Crippen molar-refractivity contribution in [2.24, 2.45) is 0 Å². The highest BCUT2D eigenvalue weighted by molar-refractivity contribution is 5.23. The predicted octanol–water partition coefficient (Wildman–Crippen LogP) is 2.47. The summed E-state index contributed by atoms with van der Waals surface area (Å²) >= 11 is 0. The zero-order valence-electron chi connectivity index (χ0n) is 10.1. The molecule has 0 radical (unpaired) electrons. The minimum absolute atomic E-state index is 0.274. The van der Waals surface area contributed by atoms with Gasteiger partial charge in [-0.3, -0.25) is 0 Å². The van der Waals surface area contributed by atoms with Crippen LogP contribution < -0.4 is 0 Å². The molecule has 0 aliphatic heterocycles. The number of hydrogen-bond acceptors (Lipinski definition) is 2. The topological polar surface area (TPSA) is 29.5 Å². The van der Waals surface area contributed by atoms with Crippen LogP contribution in [0.2, 0.25) is 0 Å². The van der Waals surface area contributed by atoms with Gasteiger partial charge in [-0.15, -0.1) is 0 Å². The normalized spacial score (nSPS) is 20.2. The number of aliphatic hydroxyl groups is 1. The van der Waals surface area contributed by atoms with Gasteiger partial charge >= 0.3 is 0 Å². The second-order valence-corrected chi connectivity index (χ2v) is 4.83. The molecule has 16 heavy (non-hydrogen) atoms. The van der Waals surface area contributed by atoms with Gasteiger partial charge in [-0.05, 0) is 31.7 Å². The monoisotopic (exact) mass is 220 g/mol. The number of ether oxygens (including phenoxy) is 1. The van der Waals surface area contributed by atoms with Crippen LogP contribution in [0.3, 0.4) is 0 Å². The van der Waals surface area contributed by atoms with Gasteiger partial charge in [0.15, 0.2) is 0 Å². The first-order valence-corrected chi connectivity index (χ1v) is 5.95. The molecule has 2 rings (SSSR count). The molecule has 0 aromatic heterocycles. The maximum absolute atomic E-state index is 10.2. The zero-order chi connectivity index (χ0) is 11.6. The Balaban J connectivity index is 2.04. The van der Waals surface area contributed by atoms with Gasteiger partial charge in [-0.1, -0.05) is 29.8 Å². The Hall–Kier alpha value is -0.860. The van der Waals surface area contributed by atoms with E-state index in [1.54, 1.807) is 7.11 Å². The molecule has 1 aromatic rings. The van der Waals surface area contributed by atoms with E-state index in [1.807, 2.05) is 6.07 Å². The fraction of sp³-hybridized carbons (Fsp3) is 0.571. The van der Waals surface area contributed by atoms with Crippen molar-refractivity contribution in [2.75, 3.05) is 7.11 Å². The Labute approximate surface area is 97.3 Å². The van der Waals surface area contributed by atoms with Crippen molar-refractivity contribution in [3.8, 4) is 0 Å². The molecular formula is C14H20O2. The van der Waals surface area contributed by atoms with E-state index in [1.165, 1.54) is 17.5 Å². The zero-order valence-corrected chi connectivity index (χ0v) is 10.1. The van der Waals surface area contributed by atoms with E-state index < -0.39 is 0 Å². The minimum Gasteiger partial charge on any atom is -0.390 e. The number of aliphatic hydroxyl groups excluding tert-OH is 1. The first-order valence-electron chi connectivity index (χ1n) is 5.95. The van der Waals surface area contributed by atoms with Crippen LogP contribution in [-0.2, 0) is 11.2 Å². The summed E-state index contributed by atoms with van der Waals surface area (Å²) in [6.07, 6.45) is 3.44. The summed E-state index contributed by atoms with van der Waals surface area (Å²) in [5.41, 5.74) is 2.16. The van der Waals surface area contributed by atoms with Crippen molar-refractivity contribution in [3.05, 3.63) is 35.4 Å². The molecule has 2 heteroatoms. The lowest BCUT2D eigenvalue weighted by Gasteiger charge is -2.44. The summed E-state index contributed by atoms with van der Waals surface area (Å²) in [7, 11) is 1.71. The molecular weight excluding hydrogens is 200 g/mol. The molecule has 0 bridgehead atoms. The highest BCUT2D eigenvalue weighted by Gasteiger charge is 2.43. The Kier molecular flexibility index (Phi) is 3.31. The highest BCUT2D eigenvalue weighted by atomic mass is 16.5. The van der Waals surface area contributed by atoms with E-state index in [-0.39, 0.29) is 11.7 Å². The number of rotatable bonds is 4. The van der Waals surface area contributed by atoms with Crippen LogP contribution in [-0.4, -0.2) is 23.9 Å². The lowest BCUT2D eigenvalue weighted by atomic mass is 9.74. The molecule has 0 spiro atoms.